The van der Waals surface area contributed by atoms with Gasteiger partial charge >= 0.3 is 0 Å². The summed E-state index contributed by atoms with van der Waals surface area (Å²) in [5, 5.41) is 0.271. The number of rotatable bonds is 2. The highest BCUT2D eigenvalue weighted by atomic mass is 32.2. The monoisotopic (exact) mass is 263 g/mol. The van der Waals surface area contributed by atoms with Crippen molar-refractivity contribution in [1.29, 1.82) is 0 Å². The van der Waals surface area contributed by atoms with E-state index in [0.717, 1.165) is 37.0 Å². The van der Waals surface area contributed by atoms with Crippen LogP contribution in [0.5, 0.6) is 0 Å². The molecule has 2 nitrogen and oxygen atoms in total. The lowest BCUT2D eigenvalue weighted by molar-refractivity contribution is 0.444. The van der Waals surface area contributed by atoms with Crippen molar-refractivity contribution in [2.45, 2.75) is 61.1 Å². The molecule has 1 saturated carbocycles. The second kappa shape index (κ2) is 5.14. The summed E-state index contributed by atoms with van der Waals surface area (Å²) < 4.78 is 12.6. The molecule has 0 heterocycles. The summed E-state index contributed by atoms with van der Waals surface area (Å²) >= 11 is 0. The van der Waals surface area contributed by atoms with E-state index in [-0.39, 0.29) is 11.3 Å². The van der Waals surface area contributed by atoms with Crippen LogP contribution < -0.4 is 5.73 Å². The molecule has 3 unspecified atom stereocenters. The van der Waals surface area contributed by atoms with Crippen LogP contribution >= 0.6 is 0 Å². The summed E-state index contributed by atoms with van der Waals surface area (Å²) in [6.07, 6.45) is 7.81. The third-order valence-corrected chi connectivity index (χ3v) is 6.02. The Labute approximate surface area is 111 Å². The maximum atomic E-state index is 12.6. The Bertz CT molecular complexity index is 472. The van der Waals surface area contributed by atoms with Gasteiger partial charge in [0, 0.05) is 16.2 Å². The maximum absolute atomic E-state index is 12.6. The van der Waals surface area contributed by atoms with Crippen LogP contribution in [0.4, 0.5) is 0 Å². The predicted molar refractivity (Wildman–Crippen MR) is 75.1 cm³/mol. The zero-order valence-electron chi connectivity index (χ0n) is 10.7. The summed E-state index contributed by atoms with van der Waals surface area (Å²) in [5.41, 5.74) is 8.87. The van der Waals surface area contributed by atoms with Crippen LogP contribution in [0.2, 0.25) is 0 Å². The minimum atomic E-state index is -0.863. The molecule has 0 radical (unpaired) electrons. The van der Waals surface area contributed by atoms with Gasteiger partial charge in [0.1, 0.15) is 0 Å². The lowest BCUT2D eigenvalue weighted by atomic mass is 9.96. The first kappa shape index (κ1) is 12.4. The van der Waals surface area contributed by atoms with E-state index in [1.54, 1.807) is 0 Å². The fraction of sp³-hybridized carbons (Fsp3) is 0.600. The van der Waals surface area contributed by atoms with Gasteiger partial charge in [0.2, 0.25) is 0 Å². The van der Waals surface area contributed by atoms with Crippen molar-refractivity contribution in [2.75, 3.05) is 0 Å². The largest absolute Gasteiger partial charge is 0.328 e. The molecule has 2 N–H and O–H groups in total. The van der Waals surface area contributed by atoms with E-state index in [1.807, 2.05) is 0 Å². The average molecular weight is 263 g/mol. The van der Waals surface area contributed by atoms with Crippen molar-refractivity contribution in [1.82, 2.24) is 0 Å². The number of aryl methyl sites for hydroxylation is 2. The van der Waals surface area contributed by atoms with Gasteiger partial charge < -0.3 is 5.73 Å². The minimum absolute atomic E-state index is 0.252. The molecule has 0 amide bonds. The van der Waals surface area contributed by atoms with Crippen LogP contribution in [0.25, 0.3) is 0 Å². The summed E-state index contributed by atoms with van der Waals surface area (Å²) in [6, 6.07) is 6.68. The maximum Gasteiger partial charge on any atom is 0.0561 e. The highest BCUT2D eigenvalue weighted by molar-refractivity contribution is 7.85. The smallest absolute Gasteiger partial charge is 0.0561 e. The first-order valence-corrected chi connectivity index (χ1v) is 8.23. The van der Waals surface area contributed by atoms with Crippen molar-refractivity contribution in [2.24, 2.45) is 5.73 Å². The fourth-order valence-electron chi connectivity index (χ4n) is 3.24. The standard InChI is InChI=1S/C15H21NOS/c16-13-5-2-6-14(10-13)18(17)15-8-7-11-3-1-4-12(11)9-15/h7-9,13-14H,1-6,10,16H2. The molecule has 3 rings (SSSR count). The van der Waals surface area contributed by atoms with Gasteiger partial charge in [0.15, 0.2) is 0 Å². The molecule has 0 saturated heterocycles. The zero-order valence-corrected chi connectivity index (χ0v) is 11.5. The normalized spacial score (nSPS) is 28.9. The molecular weight excluding hydrogens is 242 g/mol. The van der Waals surface area contributed by atoms with Crippen LogP contribution in [0.3, 0.4) is 0 Å². The predicted octanol–water partition coefficient (Wildman–Crippen LogP) is 2.55. The van der Waals surface area contributed by atoms with Gasteiger partial charge in [-0.2, -0.15) is 0 Å². The van der Waals surface area contributed by atoms with Crippen LogP contribution in [0.15, 0.2) is 23.1 Å². The van der Waals surface area contributed by atoms with E-state index in [0.29, 0.717) is 0 Å². The van der Waals surface area contributed by atoms with Crippen LogP contribution in [-0.4, -0.2) is 15.5 Å². The Morgan fingerprint density at radius 2 is 1.94 bits per heavy atom. The Balaban J connectivity index is 1.79. The van der Waals surface area contributed by atoms with Crippen molar-refractivity contribution in [3.63, 3.8) is 0 Å². The number of fused-ring (bicyclic) bond motifs is 1. The second-order valence-electron chi connectivity index (χ2n) is 5.63. The number of hydrogen-bond acceptors (Lipinski definition) is 2. The molecule has 1 aromatic rings. The van der Waals surface area contributed by atoms with Crippen molar-refractivity contribution >= 4 is 10.8 Å². The van der Waals surface area contributed by atoms with Gasteiger partial charge in [-0.3, -0.25) is 4.21 Å². The van der Waals surface area contributed by atoms with Gasteiger partial charge in [-0.05, 0) is 61.8 Å². The fourth-order valence-corrected chi connectivity index (χ4v) is 4.89. The van der Waals surface area contributed by atoms with Crippen LogP contribution in [0, 0.1) is 0 Å². The molecule has 0 bridgehead atoms. The van der Waals surface area contributed by atoms with E-state index in [4.69, 9.17) is 5.73 Å². The molecular formula is C15H21NOS. The average Bonchev–Trinajstić information content (AvgIpc) is 2.85. The summed E-state index contributed by atoms with van der Waals surface area (Å²) in [6.45, 7) is 0. The molecule has 3 atom stereocenters. The Kier molecular flexibility index (Phi) is 3.53. The molecule has 18 heavy (non-hydrogen) atoms. The first-order chi connectivity index (χ1) is 8.74. The van der Waals surface area contributed by atoms with Crippen molar-refractivity contribution < 1.29 is 4.21 Å². The highest BCUT2D eigenvalue weighted by Gasteiger charge is 2.25. The van der Waals surface area contributed by atoms with E-state index >= 15 is 0 Å². The highest BCUT2D eigenvalue weighted by Crippen LogP contribution is 2.29. The first-order valence-electron chi connectivity index (χ1n) is 7.02. The third-order valence-electron chi connectivity index (χ3n) is 4.27. The quantitative estimate of drug-likeness (QED) is 0.891. The molecule has 1 aromatic carbocycles. The summed E-state index contributed by atoms with van der Waals surface area (Å²) in [5.74, 6) is 0. The van der Waals surface area contributed by atoms with Crippen LogP contribution in [0.1, 0.15) is 43.2 Å². The number of hydrogen-bond donors (Lipinski definition) is 1. The number of nitrogens with two attached hydrogens (primary N) is 1. The molecule has 1 fully saturated rings. The second-order valence-corrected chi connectivity index (χ2v) is 7.36. The molecule has 2 aliphatic rings. The van der Waals surface area contributed by atoms with Crippen molar-refractivity contribution in [3.8, 4) is 0 Å². The molecule has 98 valence electrons. The third kappa shape index (κ3) is 2.39. The minimum Gasteiger partial charge on any atom is -0.328 e. The van der Waals surface area contributed by atoms with E-state index < -0.39 is 10.8 Å². The molecule has 2 aliphatic carbocycles. The van der Waals surface area contributed by atoms with Crippen molar-refractivity contribution in [3.05, 3.63) is 29.3 Å². The zero-order chi connectivity index (χ0) is 12.5. The Morgan fingerprint density at radius 3 is 2.78 bits per heavy atom. The van der Waals surface area contributed by atoms with E-state index in [1.165, 1.54) is 24.0 Å². The number of benzene rings is 1. The lowest BCUT2D eigenvalue weighted by Gasteiger charge is -2.26. The van der Waals surface area contributed by atoms with Gasteiger partial charge in [-0.25, -0.2) is 0 Å². The van der Waals surface area contributed by atoms with Gasteiger partial charge in [-0.1, -0.05) is 12.5 Å². The molecule has 0 aromatic heterocycles. The van der Waals surface area contributed by atoms with Gasteiger partial charge in [-0.15, -0.1) is 0 Å². The van der Waals surface area contributed by atoms with Crippen LogP contribution in [-0.2, 0) is 23.6 Å². The van der Waals surface area contributed by atoms with Gasteiger partial charge in [0.25, 0.3) is 0 Å². The summed E-state index contributed by atoms with van der Waals surface area (Å²) in [4.78, 5) is 1.02. The lowest BCUT2D eigenvalue weighted by Crippen LogP contribution is -2.33. The Hall–Kier alpha value is -0.670. The SMILES string of the molecule is NC1CCCC(S(=O)c2ccc3c(c2)CCC3)C1. The topological polar surface area (TPSA) is 43.1 Å². The van der Waals surface area contributed by atoms with E-state index in [2.05, 4.69) is 18.2 Å². The summed E-state index contributed by atoms with van der Waals surface area (Å²) in [7, 11) is -0.863. The molecule has 0 spiro atoms. The molecule has 3 heteroatoms. The van der Waals surface area contributed by atoms with Gasteiger partial charge in [0.05, 0.1) is 10.8 Å². The van der Waals surface area contributed by atoms with E-state index in [9.17, 15) is 4.21 Å². The molecule has 0 aliphatic heterocycles. The Morgan fingerprint density at radius 1 is 1.11 bits per heavy atom.